The molecular weight excluding hydrogens is 230 g/mol. The Kier molecular flexibility index (Phi) is 5.88. The molecule has 0 aliphatic rings. The molecule has 1 aromatic heterocycles. The third kappa shape index (κ3) is 4.63. The van der Waals surface area contributed by atoms with Crippen LogP contribution in [0.15, 0.2) is 12.4 Å². The van der Waals surface area contributed by atoms with Gasteiger partial charge in [0.2, 0.25) is 5.88 Å². The molecule has 0 bridgehead atoms. The number of halogens is 1. The first-order valence-electron chi connectivity index (χ1n) is 4.99. The van der Waals surface area contributed by atoms with E-state index in [0.717, 1.165) is 18.8 Å². The summed E-state index contributed by atoms with van der Waals surface area (Å²) in [6.45, 7) is 1.29. The molecule has 1 N–H and O–H groups in total. The molecule has 90 valence electrons. The predicted molar refractivity (Wildman–Crippen MR) is 63.2 cm³/mol. The normalized spacial score (nSPS) is 12.2. The number of anilines is 1. The summed E-state index contributed by atoms with van der Waals surface area (Å²) >= 11 is 5.98. The van der Waals surface area contributed by atoms with Gasteiger partial charge >= 0.3 is 0 Å². The molecule has 1 aromatic rings. The minimum atomic E-state index is 0.0150. The van der Waals surface area contributed by atoms with Gasteiger partial charge in [-0.2, -0.15) is 0 Å². The summed E-state index contributed by atoms with van der Waals surface area (Å²) in [7, 11) is 3.21. The molecule has 1 atom stereocenters. The fraction of sp³-hybridized carbons (Fsp3) is 0.600. The Morgan fingerprint density at radius 3 is 2.94 bits per heavy atom. The third-order valence-electron chi connectivity index (χ3n) is 1.96. The lowest BCUT2D eigenvalue weighted by atomic mass is 10.3. The minimum Gasteiger partial charge on any atom is -0.481 e. The van der Waals surface area contributed by atoms with Gasteiger partial charge in [0.05, 0.1) is 19.1 Å². The highest BCUT2D eigenvalue weighted by Crippen LogP contribution is 2.10. The van der Waals surface area contributed by atoms with E-state index in [1.807, 2.05) is 0 Å². The lowest BCUT2D eigenvalue weighted by Gasteiger charge is -2.09. The smallest absolute Gasteiger partial charge is 0.218 e. The van der Waals surface area contributed by atoms with E-state index in [0.29, 0.717) is 12.5 Å². The molecule has 0 saturated carbocycles. The van der Waals surface area contributed by atoms with Crippen LogP contribution in [-0.4, -0.2) is 42.7 Å². The van der Waals surface area contributed by atoms with Crippen molar-refractivity contribution >= 4 is 17.4 Å². The van der Waals surface area contributed by atoms with Crippen molar-refractivity contribution < 1.29 is 9.47 Å². The van der Waals surface area contributed by atoms with Gasteiger partial charge in [-0.3, -0.25) is 0 Å². The number of nitrogens with zero attached hydrogens (tertiary/aromatic N) is 2. The second-order valence-corrected chi connectivity index (χ2v) is 3.83. The van der Waals surface area contributed by atoms with Crippen LogP contribution in [0, 0.1) is 0 Å². The number of rotatable bonds is 7. The van der Waals surface area contributed by atoms with Crippen molar-refractivity contribution in [3.63, 3.8) is 0 Å². The SMILES string of the molecule is COCC(Cl)CCNc1cc(OC)ncn1. The molecule has 0 amide bonds. The fourth-order valence-corrected chi connectivity index (χ4v) is 1.40. The highest BCUT2D eigenvalue weighted by Gasteiger charge is 2.04. The Bertz CT molecular complexity index is 312. The molecule has 16 heavy (non-hydrogen) atoms. The summed E-state index contributed by atoms with van der Waals surface area (Å²) in [5.41, 5.74) is 0. The average Bonchev–Trinajstić information content (AvgIpc) is 2.30. The quantitative estimate of drug-likeness (QED) is 0.739. The summed E-state index contributed by atoms with van der Waals surface area (Å²) in [4.78, 5) is 7.96. The van der Waals surface area contributed by atoms with Crippen molar-refractivity contribution in [1.82, 2.24) is 9.97 Å². The van der Waals surface area contributed by atoms with Crippen molar-refractivity contribution in [3.8, 4) is 5.88 Å². The first kappa shape index (κ1) is 13.0. The van der Waals surface area contributed by atoms with Crippen LogP contribution < -0.4 is 10.1 Å². The molecule has 6 heteroatoms. The maximum absolute atomic E-state index is 5.98. The maximum atomic E-state index is 5.98. The molecule has 0 radical (unpaired) electrons. The van der Waals surface area contributed by atoms with E-state index in [1.54, 1.807) is 20.3 Å². The van der Waals surface area contributed by atoms with E-state index >= 15 is 0 Å². The second-order valence-electron chi connectivity index (χ2n) is 3.21. The van der Waals surface area contributed by atoms with Crippen LogP contribution >= 0.6 is 11.6 Å². The van der Waals surface area contributed by atoms with E-state index in [4.69, 9.17) is 21.1 Å². The van der Waals surface area contributed by atoms with E-state index in [-0.39, 0.29) is 5.38 Å². The van der Waals surface area contributed by atoms with Crippen LogP contribution in [0.4, 0.5) is 5.82 Å². The largest absolute Gasteiger partial charge is 0.481 e. The number of alkyl halides is 1. The molecule has 1 rings (SSSR count). The Morgan fingerprint density at radius 2 is 2.25 bits per heavy atom. The molecule has 5 nitrogen and oxygen atoms in total. The van der Waals surface area contributed by atoms with Gasteiger partial charge < -0.3 is 14.8 Å². The monoisotopic (exact) mass is 245 g/mol. The van der Waals surface area contributed by atoms with Crippen molar-refractivity contribution in [3.05, 3.63) is 12.4 Å². The minimum absolute atomic E-state index is 0.0150. The van der Waals surface area contributed by atoms with Gasteiger partial charge in [-0.05, 0) is 6.42 Å². The Hall–Kier alpha value is -1.07. The first-order valence-corrected chi connectivity index (χ1v) is 5.42. The highest BCUT2D eigenvalue weighted by molar-refractivity contribution is 6.20. The van der Waals surface area contributed by atoms with Crippen LogP contribution in [0.2, 0.25) is 0 Å². The van der Waals surface area contributed by atoms with Crippen molar-refractivity contribution in [2.24, 2.45) is 0 Å². The zero-order valence-electron chi connectivity index (χ0n) is 9.44. The van der Waals surface area contributed by atoms with Gasteiger partial charge in [0.1, 0.15) is 12.1 Å². The van der Waals surface area contributed by atoms with Crippen molar-refractivity contribution in [1.29, 1.82) is 0 Å². The molecular formula is C10H16ClN3O2. The van der Waals surface area contributed by atoms with E-state index in [1.165, 1.54) is 6.33 Å². The third-order valence-corrected chi connectivity index (χ3v) is 2.31. The second kappa shape index (κ2) is 7.24. The molecule has 0 fully saturated rings. The maximum Gasteiger partial charge on any atom is 0.218 e. The number of methoxy groups -OCH3 is 2. The summed E-state index contributed by atoms with van der Waals surface area (Å²) in [5.74, 6) is 1.27. The van der Waals surface area contributed by atoms with Crippen LogP contribution in [0.1, 0.15) is 6.42 Å². The van der Waals surface area contributed by atoms with Crippen LogP contribution in [0.5, 0.6) is 5.88 Å². The predicted octanol–water partition coefficient (Wildman–Crippen LogP) is 1.54. The molecule has 0 aliphatic carbocycles. The standard InChI is InChI=1S/C10H16ClN3O2/c1-15-6-8(11)3-4-12-9-5-10(16-2)14-7-13-9/h5,7-8H,3-4,6H2,1-2H3,(H,12,13,14). The summed E-state index contributed by atoms with van der Waals surface area (Å²) in [5, 5.41) is 3.15. The van der Waals surface area contributed by atoms with Gasteiger partial charge in [-0.25, -0.2) is 9.97 Å². The van der Waals surface area contributed by atoms with Crippen LogP contribution in [0.3, 0.4) is 0 Å². The van der Waals surface area contributed by atoms with Gasteiger partial charge in [-0.1, -0.05) is 0 Å². The van der Waals surface area contributed by atoms with Crippen LogP contribution in [0.25, 0.3) is 0 Å². The van der Waals surface area contributed by atoms with E-state index in [9.17, 15) is 0 Å². The Labute approximate surface area is 100 Å². The van der Waals surface area contributed by atoms with Crippen LogP contribution in [-0.2, 0) is 4.74 Å². The zero-order chi connectivity index (χ0) is 11.8. The number of hydrogen-bond acceptors (Lipinski definition) is 5. The first-order chi connectivity index (χ1) is 7.76. The van der Waals surface area contributed by atoms with E-state index < -0.39 is 0 Å². The van der Waals surface area contributed by atoms with Gasteiger partial charge in [0, 0.05) is 19.7 Å². The number of hydrogen-bond donors (Lipinski definition) is 1. The van der Waals surface area contributed by atoms with Crippen molar-refractivity contribution in [2.45, 2.75) is 11.8 Å². The van der Waals surface area contributed by atoms with Gasteiger partial charge in [-0.15, -0.1) is 11.6 Å². The molecule has 0 spiro atoms. The zero-order valence-corrected chi connectivity index (χ0v) is 10.2. The summed E-state index contributed by atoms with van der Waals surface area (Å²) < 4.78 is 9.92. The number of aromatic nitrogens is 2. The topological polar surface area (TPSA) is 56.3 Å². The lowest BCUT2D eigenvalue weighted by molar-refractivity contribution is 0.196. The van der Waals surface area contributed by atoms with Gasteiger partial charge in [0.25, 0.3) is 0 Å². The highest BCUT2D eigenvalue weighted by atomic mass is 35.5. The van der Waals surface area contributed by atoms with Gasteiger partial charge in [0.15, 0.2) is 0 Å². The average molecular weight is 246 g/mol. The Morgan fingerprint density at radius 1 is 1.44 bits per heavy atom. The lowest BCUT2D eigenvalue weighted by Crippen LogP contribution is -2.14. The molecule has 0 saturated heterocycles. The summed E-state index contributed by atoms with van der Waals surface area (Å²) in [6, 6.07) is 1.74. The fourth-order valence-electron chi connectivity index (χ4n) is 1.17. The summed E-state index contributed by atoms with van der Waals surface area (Å²) in [6.07, 6.45) is 2.26. The van der Waals surface area contributed by atoms with Crippen molar-refractivity contribution in [2.75, 3.05) is 32.7 Å². The molecule has 0 aromatic carbocycles. The number of nitrogens with one attached hydrogen (secondary N) is 1. The molecule has 1 heterocycles. The van der Waals surface area contributed by atoms with E-state index in [2.05, 4.69) is 15.3 Å². The molecule has 0 aliphatic heterocycles. The molecule has 1 unspecified atom stereocenters. The number of ether oxygens (including phenoxy) is 2. The Balaban J connectivity index is 2.31.